The molecule has 1 unspecified atom stereocenters. The number of carbonyl (C=O) groups excluding carboxylic acids is 1. The Morgan fingerprint density at radius 3 is 2.87 bits per heavy atom. The third kappa shape index (κ3) is 3.47. The Bertz CT molecular complexity index is 215. The molecule has 15 heavy (non-hydrogen) atoms. The van der Waals surface area contributed by atoms with Crippen LogP contribution in [-0.2, 0) is 4.79 Å². The van der Waals surface area contributed by atoms with Gasteiger partial charge in [-0.05, 0) is 39.2 Å². The van der Waals surface area contributed by atoms with Gasteiger partial charge in [0.05, 0.1) is 6.04 Å². The van der Waals surface area contributed by atoms with Crippen molar-refractivity contribution in [2.45, 2.75) is 51.1 Å². The van der Waals surface area contributed by atoms with Crippen molar-refractivity contribution in [2.75, 3.05) is 13.2 Å². The van der Waals surface area contributed by atoms with E-state index in [4.69, 9.17) is 5.11 Å². The number of aliphatic hydroxyl groups is 1. The lowest BCUT2D eigenvalue weighted by atomic mass is 9.94. The SMILES string of the molecule is CCC(C)(CCO)NC(=O)[C@H]1CCCN1. The zero-order chi connectivity index (χ0) is 11.3. The van der Waals surface area contributed by atoms with Crippen LogP contribution in [0.15, 0.2) is 0 Å². The maximum Gasteiger partial charge on any atom is 0.237 e. The highest BCUT2D eigenvalue weighted by atomic mass is 16.3. The van der Waals surface area contributed by atoms with E-state index in [0.717, 1.165) is 25.8 Å². The third-order valence-corrected chi connectivity index (χ3v) is 3.25. The number of rotatable bonds is 5. The summed E-state index contributed by atoms with van der Waals surface area (Å²) < 4.78 is 0. The summed E-state index contributed by atoms with van der Waals surface area (Å²) in [6.07, 6.45) is 3.44. The second-order valence-electron chi connectivity index (χ2n) is 4.53. The molecule has 0 saturated carbocycles. The Balaban J connectivity index is 2.46. The van der Waals surface area contributed by atoms with E-state index in [1.54, 1.807) is 0 Å². The summed E-state index contributed by atoms with van der Waals surface area (Å²) in [6.45, 7) is 5.05. The Morgan fingerprint density at radius 1 is 1.67 bits per heavy atom. The normalized spacial score (nSPS) is 24.9. The summed E-state index contributed by atoms with van der Waals surface area (Å²) in [6, 6.07) is -0.0328. The van der Waals surface area contributed by atoms with Crippen LogP contribution in [0.1, 0.15) is 39.5 Å². The standard InChI is InChI=1S/C11H22N2O2/c1-3-11(2,6-8-14)13-10(15)9-5-4-7-12-9/h9,12,14H,3-8H2,1-2H3,(H,13,15)/t9-,11?/m1/s1. The van der Waals surface area contributed by atoms with Crippen molar-refractivity contribution in [3.8, 4) is 0 Å². The van der Waals surface area contributed by atoms with Crippen LogP contribution in [0.4, 0.5) is 0 Å². The summed E-state index contributed by atoms with van der Waals surface area (Å²) in [5.74, 6) is 0.0744. The molecule has 0 radical (unpaired) electrons. The molecule has 1 fully saturated rings. The first-order valence-corrected chi connectivity index (χ1v) is 5.77. The van der Waals surface area contributed by atoms with Gasteiger partial charge in [0.2, 0.25) is 5.91 Å². The van der Waals surface area contributed by atoms with Crippen LogP contribution in [0.3, 0.4) is 0 Å². The van der Waals surface area contributed by atoms with E-state index in [9.17, 15) is 4.79 Å². The molecule has 0 aliphatic carbocycles. The lowest BCUT2D eigenvalue weighted by Crippen LogP contribution is -2.52. The quantitative estimate of drug-likeness (QED) is 0.621. The molecule has 1 rings (SSSR count). The Hall–Kier alpha value is -0.610. The molecule has 0 aromatic carbocycles. The molecule has 0 aromatic heterocycles. The Morgan fingerprint density at radius 2 is 2.40 bits per heavy atom. The van der Waals surface area contributed by atoms with Crippen LogP contribution in [0, 0.1) is 0 Å². The largest absolute Gasteiger partial charge is 0.396 e. The number of carbonyl (C=O) groups is 1. The van der Waals surface area contributed by atoms with Crippen LogP contribution in [0.2, 0.25) is 0 Å². The van der Waals surface area contributed by atoms with Crippen LogP contribution in [0.25, 0.3) is 0 Å². The molecule has 1 amide bonds. The van der Waals surface area contributed by atoms with Gasteiger partial charge in [-0.3, -0.25) is 4.79 Å². The minimum Gasteiger partial charge on any atom is -0.396 e. The van der Waals surface area contributed by atoms with Gasteiger partial charge in [0.15, 0.2) is 0 Å². The molecule has 88 valence electrons. The molecule has 1 aliphatic rings. The molecular formula is C11H22N2O2. The predicted octanol–water partition coefficient (Wildman–Crippen LogP) is 0.406. The number of hydrogen-bond donors (Lipinski definition) is 3. The highest BCUT2D eigenvalue weighted by molar-refractivity contribution is 5.82. The van der Waals surface area contributed by atoms with E-state index >= 15 is 0 Å². The summed E-state index contributed by atoms with van der Waals surface area (Å²) >= 11 is 0. The van der Waals surface area contributed by atoms with Crippen molar-refractivity contribution in [1.82, 2.24) is 10.6 Å². The lowest BCUT2D eigenvalue weighted by molar-refractivity contribution is -0.124. The average Bonchev–Trinajstić information content (AvgIpc) is 2.71. The van der Waals surface area contributed by atoms with Gasteiger partial charge >= 0.3 is 0 Å². The van der Waals surface area contributed by atoms with Gasteiger partial charge < -0.3 is 15.7 Å². The predicted molar refractivity (Wildman–Crippen MR) is 59.6 cm³/mol. The molecule has 0 spiro atoms. The van der Waals surface area contributed by atoms with Crippen molar-refractivity contribution >= 4 is 5.91 Å². The highest BCUT2D eigenvalue weighted by Gasteiger charge is 2.29. The fraction of sp³-hybridized carbons (Fsp3) is 0.909. The molecule has 1 saturated heterocycles. The van der Waals surface area contributed by atoms with Crippen molar-refractivity contribution < 1.29 is 9.90 Å². The van der Waals surface area contributed by atoms with E-state index < -0.39 is 0 Å². The number of hydrogen-bond acceptors (Lipinski definition) is 3. The summed E-state index contributed by atoms with van der Waals surface area (Å²) in [5, 5.41) is 15.1. The van der Waals surface area contributed by atoms with Crippen molar-refractivity contribution in [1.29, 1.82) is 0 Å². The minimum atomic E-state index is -0.268. The van der Waals surface area contributed by atoms with Gasteiger partial charge in [0.1, 0.15) is 0 Å². The fourth-order valence-corrected chi connectivity index (χ4v) is 1.87. The van der Waals surface area contributed by atoms with Gasteiger partial charge in [-0.25, -0.2) is 0 Å². The molecule has 4 nitrogen and oxygen atoms in total. The zero-order valence-corrected chi connectivity index (χ0v) is 9.68. The second-order valence-corrected chi connectivity index (χ2v) is 4.53. The minimum absolute atomic E-state index is 0.0328. The average molecular weight is 214 g/mol. The van der Waals surface area contributed by atoms with E-state index in [1.807, 2.05) is 13.8 Å². The topological polar surface area (TPSA) is 61.4 Å². The number of amides is 1. The molecule has 0 bridgehead atoms. The first-order chi connectivity index (χ1) is 7.11. The number of nitrogens with one attached hydrogen (secondary N) is 2. The lowest BCUT2D eigenvalue weighted by Gasteiger charge is -2.30. The summed E-state index contributed by atoms with van der Waals surface area (Å²) in [4.78, 5) is 11.8. The van der Waals surface area contributed by atoms with Crippen LogP contribution in [0.5, 0.6) is 0 Å². The van der Waals surface area contributed by atoms with Gasteiger partial charge in [-0.1, -0.05) is 6.92 Å². The molecule has 1 heterocycles. The molecular weight excluding hydrogens is 192 g/mol. The first kappa shape index (κ1) is 12.5. The Kier molecular flexibility index (Phi) is 4.54. The second kappa shape index (κ2) is 5.47. The van der Waals surface area contributed by atoms with Crippen molar-refractivity contribution in [3.63, 3.8) is 0 Å². The molecule has 4 heteroatoms. The van der Waals surface area contributed by atoms with Gasteiger partial charge in [-0.15, -0.1) is 0 Å². The van der Waals surface area contributed by atoms with Crippen LogP contribution in [-0.4, -0.2) is 35.7 Å². The molecule has 1 aliphatic heterocycles. The van der Waals surface area contributed by atoms with E-state index in [2.05, 4.69) is 10.6 Å². The first-order valence-electron chi connectivity index (χ1n) is 5.77. The van der Waals surface area contributed by atoms with E-state index in [-0.39, 0.29) is 24.1 Å². The summed E-state index contributed by atoms with van der Waals surface area (Å²) in [5.41, 5.74) is -0.268. The van der Waals surface area contributed by atoms with Gasteiger partial charge in [-0.2, -0.15) is 0 Å². The van der Waals surface area contributed by atoms with E-state index in [0.29, 0.717) is 6.42 Å². The fourth-order valence-electron chi connectivity index (χ4n) is 1.87. The van der Waals surface area contributed by atoms with Crippen molar-refractivity contribution in [2.24, 2.45) is 0 Å². The maximum atomic E-state index is 11.8. The molecule has 2 atom stereocenters. The van der Waals surface area contributed by atoms with E-state index in [1.165, 1.54) is 0 Å². The smallest absolute Gasteiger partial charge is 0.237 e. The van der Waals surface area contributed by atoms with Crippen LogP contribution < -0.4 is 10.6 Å². The molecule has 3 N–H and O–H groups in total. The van der Waals surface area contributed by atoms with Gasteiger partial charge in [0.25, 0.3) is 0 Å². The third-order valence-electron chi connectivity index (χ3n) is 3.25. The zero-order valence-electron chi connectivity index (χ0n) is 9.68. The number of aliphatic hydroxyl groups excluding tert-OH is 1. The van der Waals surface area contributed by atoms with Crippen molar-refractivity contribution in [3.05, 3.63) is 0 Å². The Labute approximate surface area is 91.4 Å². The maximum absolute atomic E-state index is 11.8. The van der Waals surface area contributed by atoms with Crippen LogP contribution >= 0.6 is 0 Å². The summed E-state index contributed by atoms with van der Waals surface area (Å²) in [7, 11) is 0. The highest BCUT2D eigenvalue weighted by Crippen LogP contribution is 2.15. The van der Waals surface area contributed by atoms with Gasteiger partial charge in [0, 0.05) is 12.1 Å². The molecule has 0 aromatic rings. The monoisotopic (exact) mass is 214 g/mol.